The largest absolute Gasteiger partial charge is 0.550 e. The summed E-state index contributed by atoms with van der Waals surface area (Å²) >= 11 is 1.65. The minimum Gasteiger partial charge on any atom is -0.550 e. The van der Waals surface area contributed by atoms with Crippen LogP contribution in [-0.4, -0.2) is 21.7 Å². The average molecular weight is 374 g/mol. The monoisotopic (exact) mass is 374 g/mol. The second kappa shape index (κ2) is 8.03. The van der Waals surface area contributed by atoms with Crippen LogP contribution in [-0.2, 0) is 9.59 Å². The van der Waals surface area contributed by atoms with Crippen molar-refractivity contribution in [2.45, 2.75) is 57.9 Å². The summed E-state index contributed by atoms with van der Waals surface area (Å²) < 4.78 is 1.79. The van der Waals surface area contributed by atoms with E-state index in [4.69, 9.17) is 0 Å². The molecule has 0 aromatic carbocycles. The zero-order valence-electron chi connectivity index (χ0n) is 14.9. The van der Waals surface area contributed by atoms with Gasteiger partial charge in [-0.15, -0.1) is 11.3 Å². The van der Waals surface area contributed by atoms with E-state index in [2.05, 4.69) is 10.4 Å². The first-order chi connectivity index (χ1) is 12.5. The summed E-state index contributed by atoms with van der Waals surface area (Å²) in [6.07, 6.45) is 6.38. The molecule has 6 nitrogen and oxygen atoms in total. The summed E-state index contributed by atoms with van der Waals surface area (Å²) in [5.41, 5.74) is -0.481. The van der Waals surface area contributed by atoms with Crippen LogP contribution in [0.5, 0.6) is 0 Å². The molecule has 1 aliphatic carbocycles. The van der Waals surface area contributed by atoms with Gasteiger partial charge < -0.3 is 15.2 Å². The van der Waals surface area contributed by atoms with Gasteiger partial charge in [-0.1, -0.05) is 25.3 Å². The van der Waals surface area contributed by atoms with Gasteiger partial charge in [0, 0.05) is 23.3 Å². The highest BCUT2D eigenvalue weighted by atomic mass is 32.1. The molecular formula is C19H24N3O3S-. The number of nitrogens with zero attached hydrogens (tertiary/aromatic N) is 2. The molecule has 26 heavy (non-hydrogen) atoms. The summed E-state index contributed by atoms with van der Waals surface area (Å²) in [4.78, 5) is 25.0. The number of rotatable bonds is 7. The number of anilines is 1. The zero-order valence-corrected chi connectivity index (χ0v) is 15.8. The Balaban J connectivity index is 1.70. The van der Waals surface area contributed by atoms with Gasteiger partial charge in [-0.05, 0) is 43.0 Å². The molecule has 0 spiro atoms. The molecule has 2 heterocycles. The molecule has 1 atom stereocenters. The fraction of sp³-hybridized carbons (Fsp3) is 0.526. The molecule has 0 radical (unpaired) electrons. The Bertz CT molecular complexity index is 748. The fourth-order valence-electron chi connectivity index (χ4n) is 3.92. The quantitative estimate of drug-likeness (QED) is 0.807. The number of hydrogen-bond donors (Lipinski definition) is 1. The van der Waals surface area contributed by atoms with Crippen molar-refractivity contribution in [3.05, 3.63) is 34.7 Å². The molecule has 140 valence electrons. The van der Waals surface area contributed by atoms with Gasteiger partial charge in [0.25, 0.3) is 0 Å². The van der Waals surface area contributed by atoms with E-state index in [1.165, 1.54) is 0 Å². The highest BCUT2D eigenvalue weighted by Gasteiger charge is 2.34. The highest BCUT2D eigenvalue weighted by molar-refractivity contribution is 7.10. The second-order valence-electron chi connectivity index (χ2n) is 7.19. The molecule has 3 rings (SSSR count). The third kappa shape index (κ3) is 4.33. The molecule has 0 aliphatic heterocycles. The topological polar surface area (TPSA) is 87.0 Å². The van der Waals surface area contributed by atoms with Crippen molar-refractivity contribution < 1.29 is 14.7 Å². The summed E-state index contributed by atoms with van der Waals surface area (Å²) in [7, 11) is 0. The van der Waals surface area contributed by atoms with Gasteiger partial charge in [0.1, 0.15) is 5.82 Å². The maximum atomic E-state index is 12.7. The first-order valence-electron chi connectivity index (χ1n) is 9.06. The number of aromatic nitrogens is 2. The lowest BCUT2D eigenvalue weighted by Crippen LogP contribution is -2.37. The number of amides is 1. The summed E-state index contributed by atoms with van der Waals surface area (Å²) in [5, 5.41) is 20.5. The van der Waals surface area contributed by atoms with Gasteiger partial charge in [-0.25, -0.2) is 4.68 Å². The van der Waals surface area contributed by atoms with Gasteiger partial charge in [0.2, 0.25) is 5.91 Å². The zero-order chi connectivity index (χ0) is 18.6. The van der Waals surface area contributed by atoms with Crippen LogP contribution in [0.3, 0.4) is 0 Å². The number of carboxylic acids is 1. The average Bonchev–Trinajstić information content (AvgIpc) is 3.25. The molecule has 0 saturated heterocycles. The number of carboxylic acid groups (broad SMARTS) is 1. The number of hydrogen-bond acceptors (Lipinski definition) is 5. The predicted octanol–water partition coefficient (Wildman–Crippen LogP) is 2.97. The van der Waals surface area contributed by atoms with Crippen molar-refractivity contribution in [3.8, 4) is 0 Å². The van der Waals surface area contributed by atoms with Crippen molar-refractivity contribution in [1.29, 1.82) is 0 Å². The lowest BCUT2D eigenvalue weighted by Gasteiger charge is -2.37. The Hall–Kier alpha value is -2.15. The third-order valence-corrected chi connectivity index (χ3v) is 6.27. The van der Waals surface area contributed by atoms with Crippen LogP contribution in [0.1, 0.15) is 62.8 Å². The molecule has 1 aliphatic rings. The number of nitrogens with one attached hydrogen (secondary N) is 1. The first-order valence-corrected chi connectivity index (χ1v) is 9.94. The fourth-order valence-corrected chi connectivity index (χ4v) is 4.69. The Morgan fingerprint density at radius 1 is 1.31 bits per heavy atom. The van der Waals surface area contributed by atoms with E-state index < -0.39 is 11.4 Å². The Morgan fingerprint density at radius 3 is 2.73 bits per heavy atom. The van der Waals surface area contributed by atoms with Crippen LogP contribution in [0.25, 0.3) is 0 Å². The summed E-state index contributed by atoms with van der Waals surface area (Å²) in [6, 6.07) is 5.82. The number of aliphatic carboxylic acids is 1. The lowest BCUT2D eigenvalue weighted by molar-refractivity contribution is -0.308. The van der Waals surface area contributed by atoms with Crippen LogP contribution in [0.15, 0.2) is 29.8 Å². The Morgan fingerprint density at radius 2 is 2.08 bits per heavy atom. The molecule has 1 amide bonds. The molecule has 2 aromatic heterocycles. The van der Waals surface area contributed by atoms with Gasteiger partial charge >= 0.3 is 0 Å². The molecule has 1 fully saturated rings. The Labute approximate surface area is 157 Å². The molecular weight excluding hydrogens is 350 g/mol. The molecule has 1 N–H and O–H groups in total. The maximum Gasteiger partial charge on any atom is 0.226 e. The van der Waals surface area contributed by atoms with E-state index in [1.54, 1.807) is 28.3 Å². The number of carbonyl (C=O) groups is 2. The third-order valence-electron chi connectivity index (χ3n) is 5.23. The van der Waals surface area contributed by atoms with Gasteiger partial charge in [0.05, 0.1) is 12.2 Å². The van der Waals surface area contributed by atoms with Crippen molar-refractivity contribution in [2.75, 3.05) is 5.32 Å². The minimum atomic E-state index is -1.07. The predicted molar refractivity (Wildman–Crippen MR) is 98.7 cm³/mol. The van der Waals surface area contributed by atoms with Gasteiger partial charge in [0.15, 0.2) is 0 Å². The van der Waals surface area contributed by atoms with Crippen molar-refractivity contribution >= 4 is 29.0 Å². The summed E-state index contributed by atoms with van der Waals surface area (Å²) in [5.74, 6) is -0.598. The van der Waals surface area contributed by atoms with E-state index in [0.717, 1.165) is 37.0 Å². The molecule has 0 bridgehead atoms. The minimum absolute atomic E-state index is 0.0205. The van der Waals surface area contributed by atoms with Crippen LogP contribution < -0.4 is 10.4 Å². The SMILES string of the molecule is C[C@@H](c1cccs1)n1nccc1NC(=O)CC1(CC(=O)[O-])CCCCC1. The second-order valence-corrected chi connectivity index (χ2v) is 8.17. The molecule has 2 aromatic rings. The van der Waals surface area contributed by atoms with Gasteiger partial charge in [-0.2, -0.15) is 5.10 Å². The standard InChI is InChI=1S/C19H25N3O3S/c1-14(15-6-5-11-26-15)22-16(7-10-20-22)21-17(23)12-19(13-18(24)25)8-3-2-4-9-19/h5-7,10-11,14H,2-4,8-9,12-13H2,1H3,(H,21,23)(H,24,25)/p-1/t14-/m0/s1. The van der Waals surface area contributed by atoms with Crippen molar-refractivity contribution in [1.82, 2.24) is 9.78 Å². The van der Waals surface area contributed by atoms with Crippen LogP contribution in [0.4, 0.5) is 5.82 Å². The smallest absolute Gasteiger partial charge is 0.226 e. The molecule has 0 unspecified atom stereocenters. The van der Waals surface area contributed by atoms with E-state index >= 15 is 0 Å². The van der Waals surface area contributed by atoms with Crippen molar-refractivity contribution in [2.24, 2.45) is 5.41 Å². The highest BCUT2D eigenvalue weighted by Crippen LogP contribution is 2.42. The first kappa shape index (κ1) is 18.6. The van der Waals surface area contributed by atoms with Crippen LogP contribution in [0.2, 0.25) is 0 Å². The lowest BCUT2D eigenvalue weighted by atomic mass is 9.69. The van der Waals surface area contributed by atoms with Gasteiger partial charge in [-0.3, -0.25) is 4.79 Å². The number of thiophene rings is 1. The normalized spacial score (nSPS) is 17.6. The van der Waals surface area contributed by atoms with E-state index in [1.807, 2.05) is 24.4 Å². The number of carbonyl (C=O) groups excluding carboxylic acids is 2. The molecule has 7 heteroatoms. The van der Waals surface area contributed by atoms with Crippen LogP contribution >= 0.6 is 11.3 Å². The van der Waals surface area contributed by atoms with Crippen LogP contribution in [0, 0.1) is 5.41 Å². The van der Waals surface area contributed by atoms with E-state index in [9.17, 15) is 14.7 Å². The molecule has 1 saturated carbocycles. The van der Waals surface area contributed by atoms with Crippen molar-refractivity contribution in [3.63, 3.8) is 0 Å². The van der Waals surface area contributed by atoms with E-state index in [0.29, 0.717) is 5.82 Å². The Kier molecular flexibility index (Phi) is 5.76. The maximum absolute atomic E-state index is 12.7. The summed E-state index contributed by atoms with van der Waals surface area (Å²) in [6.45, 7) is 2.03. The van der Waals surface area contributed by atoms with E-state index in [-0.39, 0.29) is 24.8 Å².